The van der Waals surface area contributed by atoms with Gasteiger partial charge in [0.25, 0.3) is 0 Å². The van der Waals surface area contributed by atoms with Crippen LogP contribution in [0.25, 0.3) is 0 Å². The van der Waals surface area contributed by atoms with Crippen LogP contribution >= 0.6 is 15.9 Å². The third-order valence-electron chi connectivity index (χ3n) is 1.36. The lowest BCUT2D eigenvalue weighted by atomic mass is 10.2. The minimum atomic E-state index is -1.30. The summed E-state index contributed by atoms with van der Waals surface area (Å²) in [4.78, 5) is 18.0. The van der Waals surface area contributed by atoms with Crippen LogP contribution in [0.3, 0.4) is 0 Å². The zero-order valence-corrected chi connectivity index (χ0v) is 8.57. The van der Waals surface area contributed by atoms with E-state index in [1.165, 1.54) is 7.11 Å². The van der Waals surface area contributed by atoms with E-state index in [1.807, 2.05) is 0 Å². The Morgan fingerprint density at radius 1 is 1.64 bits per heavy atom. The predicted octanol–water partition coefficient (Wildman–Crippen LogP) is 0.818. The number of carboxylic acids is 1. The van der Waals surface area contributed by atoms with Crippen molar-refractivity contribution >= 4 is 21.9 Å². The number of methoxy groups -OCH3 is 1. The smallest absolute Gasteiger partial charge is 0.344 e. The molecule has 0 aliphatic rings. The second-order valence-electron chi connectivity index (χ2n) is 2.14. The van der Waals surface area contributed by atoms with E-state index in [4.69, 9.17) is 15.1 Å². The maximum Gasteiger partial charge on any atom is 0.344 e. The zero-order chi connectivity index (χ0) is 10.7. The standard InChI is InChI=1S/C7H4BrN3O3/c1-14-5-4(6(12)13)3(2-9)10-7(8)11-5/h1H3,(H,12,13). The molecule has 6 nitrogen and oxygen atoms in total. The van der Waals surface area contributed by atoms with Crippen molar-refractivity contribution in [2.45, 2.75) is 0 Å². The summed E-state index contributed by atoms with van der Waals surface area (Å²) in [7, 11) is 1.27. The highest BCUT2D eigenvalue weighted by Crippen LogP contribution is 2.20. The van der Waals surface area contributed by atoms with Crippen molar-refractivity contribution in [1.29, 1.82) is 5.26 Å². The number of nitrogens with zero attached hydrogens (tertiary/aromatic N) is 3. The highest BCUT2D eigenvalue weighted by molar-refractivity contribution is 9.10. The molecule has 0 saturated carbocycles. The van der Waals surface area contributed by atoms with E-state index < -0.39 is 5.97 Å². The molecule has 7 heteroatoms. The van der Waals surface area contributed by atoms with Crippen molar-refractivity contribution in [1.82, 2.24) is 9.97 Å². The molecule has 1 heterocycles. The van der Waals surface area contributed by atoms with Crippen LogP contribution in [0.1, 0.15) is 16.1 Å². The van der Waals surface area contributed by atoms with Crippen LogP contribution in [0, 0.1) is 11.3 Å². The molecular formula is C7H4BrN3O3. The first-order valence-corrected chi connectivity index (χ1v) is 4.14. The van der Waals surface area contributed by atoms with Gasteiger partial charge in [-0.3, -0.25) is 0 Å². The fourth-order valence-electron chi connectivity index (χ4n) is 0.836. The summed E-state index contributed by atoms with van der Waals surface area (Å²) in [6, 6.07) is 1.65. The minimum Gasteiger partial charge on any atom is -0.480 e. The monoisotopic (exact) mass is 257 g/mol. The van der Waals surface area contributed by atoms with Gasteiger partial charge < -0.3 is 9.84 Å². The fourth-order valence-corrected chi connectivity index (χ4v) is 1.17. The summed E-state index contributed by atoms with van der Waals surface area (Å²) in [6.07, 6.45) is 0. The molecule has 1 N–H and O–H groups in total. The van der Waals surface area contributed by atoms with Gasteiger partial charge in [0.1, 0.15) is 6.07 Å². The molecule has 72 valence electrons. The van der Waals surface area contributed by atoms with Crippen molar-refractivity contribution in [3.63, 3.8) is 0 Å². The molecule has 0 aliphatic carbocycles. The molecule has 0 aliphatic heterocycles. The van der Waals surface area contributed by atoms with E-state index in [-0.39, 0.29) is 21.9 Å². The average Bonchev–Trinajstić information content (AvgIpc) is 2.15. The second-order valence-corrected chi connectivity index (χ2v) is 2.85. The summed E-state index contributed by atoms with van der Waals surface area (Å²) >= 11 is 2.93. The van der Waals surface area contributed by atoms with Crippen molar-refractivity contribution in [2.24, 2.45) is 0 Å². The van der Waals surface area contributed by atoms with Gasteiger partial charge in [-0.15, -0.1) is 0 Å². The van der Waals surface area contributed by atoms with Gasteiger partial charge >= 0.3 is 5.97 Å². The Bertz CT molecular complexity index is 427. The second kappa shape index (κ2) is 4.02. The Balaban J connectivity index is 3.50. The molecule has 0 spiro atoms. The molecule has 0 saturated heterocycles. The minimum absolute atomic E-state index is 0.107. The van der Waals surface area contributed by atoms with Crippen LogP contribution in [0.15, 0.2) is 4.73 Å². The lowest BCUT2D eigenvalue weighted by molar-refractivity contribution is 0.0691. The molecule has 1 aromatic rings. The van der Waals surface area contributed by atoms with Gasteiger partial charge in [0.15, 0.2) is 11.3 Å². The van der Waals surface area contributed by atoms with Gasteiger partial charge in [-0.05, 0) is 15.9 Å². The Morgan fingerprint density at radius 3 is 2.71 bits per heavy atom. The summed E-state index contributed by atoms with van der Waals surface area (Å²) in [5.41, 5.74) is -0.575. The van der Waals surface area contributed by atoms with Crippen LogP contribution in [0.5, 0.6) is 5.88 Å². The van der Waals surface area contributed by atoms with Crippen molar-refractivity contribution < 1.29 is 14.6 Å². The predicted molar refractivity (Wildman–Crippen MR) is 48.0 cm³/mol. The lowest BCUT2D eigenvalue weighted by Crippen LogP contribution is -2.08. The van der Waals surface area contributed by atoms with Gasteiger partial charge in [0.05, 0.1) is 7.11 Å². The molecule has 0 fully saturated rings. The summed E-state index contributed by atoms with van der Waals surface area (Å²) < 4.78 is 4.82. The Kier molecular flexibility index (Phi) is 2.99. The number of aromatic nitrogens is 2. The van der Waals surface area contributed by atoms with Gasteiger partial charge in [0.2, 0.25) is 10.6 Å². The average molecular weight is 258 g/mol. The van der Waals surface area contributed by atoms with E-state index >= 15 is 0 Å². The number of nitriles is 1. The number of halogens is 1. The first kappa shape index (κ1) is 10.4. The molecule has 0 unspecified atom stereocenters. The Morgan fingerprint density at radius 2 is 2.29 bits per heavy atom. The van der Waals surface area contributed by atoms with Crippen LogP contribution in [0.2, 0.25) is 0 Å². The van der Waals surface area contributed by atoms with Gasteiger partial charge in [-0.2, -0.15) is 10.2 Å². The molecule has 0 atom stereocenters. The van der Waals surface area contributed by atoms with E-state index in [0.29, 0.717) is 0 Å². The van der Waals surface area contributed by atoms with Crippen molar-refractivity contribution in [2.75, 3.05) is 7.11 Å². The maximum atomic E-state index is 10.7. The summed E-state index contributed by atoms with van der Waals surface area (Å²) in [5.74, 6) is -1.44. The van der Waals surface area contributed by atoms with Gasteiger partial charge in [-0.25, -0.2) is 9.78 Å². The first-order valence-electron chi connectivity index (χ1n) is 3.35. The van der Waals surface area contributed by atoms with Gasteiger partial charge in [-0.1, -0.05) is 0 Å². The van der Waals surface area contributed by atoms with Crippen LogP contribution in [0.4, 0.5) is 0 Å². The fraction of sp³-hybridized carbons (Fsp3) is 0.143. The number of carbonyl (C=O) groups is 1. The third kappa shape index (κ3) is 1.80. The highest BCUT2D eigenvalue weighted by Gasteiger charge is 2.20. The van der Waals surface area contributed by atoms with Gasteiger partial charge in [0, 0.05) is 0 Å². The van der Waals surface area contributed by atoms with E-state index in [1.54, 1.807) is 6.07 Å². The quantitative estimate of drug-likeness (QED) is 0.788. The molecule has 0 radical (unpaired) electrons. The molecule has 1 rings (SSSR count). The van der Waals surface area contributed by atoms with E-state index in [0.717, 1.165) is 0 Å². The molecule has 0 aromatic carbocycles. The van der Waals surface area contributed by atoms with Crippen LogP contribution in [-0.4, -0.2) is 28.2 Å². The number of carboxylic acid groups (broad SMARTS) is 1. The SMILES string of the molecule is COc1nc(Br)nc(C#N)c1C(=O)O. The number of ether oxygens (including phenoxy) is 1. The normalized spacial score (nSPS) is 9.21. The topological polar surface area (TPSA) is 96.1 Å². The molecular weight excluding hydrogens is 254 g/mol. The van der Waals surface area contributed by atoms with Crippen molar-refractivity contribution in [3.8, 4) is 11.9 Å². The highest BCUT2D eigenvalue weighted by atomic mass is 79.9. The largest absolute Gasteiger partial charge is 0.480 e. The third-order valence-corrected chi connectivity index (χ3v) is 1.72. The van der Waals surface area contributed by atoms with Crippen LogP contribution < -0.4 is 4.74 Å². The lowest BCUT2D eigenvalue weighted by Gasteiger charge is -2.04. The molecule has 0 bridgehead atoms. The number of rotatable bonds is 2. The maximum absolute atomic E-state index is 10.7. The first-order chi connectivity index (χ1) is 6.60. The molecule has 0 amide bonds. The molecule has 14 heavy (non-hydrogen) atoms. The summed E-state index contributed by atoms with van der Waals surface area (Å²) in [6.45, 7) is 0. The Labute approximate surface area is 87.3 Å². The van der Waals surface area contributed by atoms with Crippen molar-refractivity contribution in [3.05, 3.63) is 16.0 Å². The molecule has 1 aromatic heterocycles. The summed E-state index contributed by atoms with van der Waals surface area (Å²) in [5, 5.41) is 17.4. The number of aromatic carboxylic acids is 1. The van der Waals surface area contributed by atoms with Crippen LogP contribution in [-0.2, 0) is 0 Å². The van der Waals surface area contributed by atoms with E-state index in [2.05, 4.69) is 25.9 Å². The Hall–Kier alpha value is -1.68. The zero-order valence-electron chi connectivity index (χ0n) is 6.98. The number of hydrogen-bond acceptors (Lipinski definition) is 5. The number of hydrogen-bond donors (Lipinski definition) is 1. The van der Waals surface area contributed by atoms with E-state index in [9.17, 15) is 4.79 Å².